The van der Waals surface area contributed by atoms with Crippen LogP contribution in [-0.2, 0) is 9.53 Å². The lowest BCUT2D eigenvalue weighted by molar-refractivity contribution is -0.186. The minimum atomic E-state index is -0.330. The summed E-state index contributed by atoms with van der Waals surface area (Å²) >= 11 is 0. The first-order valence-corrected chi connectivity index (χ1v) is 6.03. The second-order valence-electron chi connectivity index (χ2n) is 5.62. The van der Waals surface area contributed by atoms with Crippen LogP contribution in [0, 0.1) is 23.2 Å². The smallest absolute Gasteiger partial charge is 0.312 e. The fraction of sp³-hybridized carbons (Fsp3) is 0.923. The highest BCUT2D eigenvalue weighted by molar-refractivity contribution is 5.77. The molecule has 1 fully saturated rings. The molecule has 0 aromatic carbocycles. The first-order valence-electron chi connectivity index (χ1n) is 6.03. The van der Waals surface area contributed by atoms with Gasteiger partial charge in [-0.1, -0.05) is 34.1 Å². The second-order valence-corrected chi connectivity index (χ2v) is 5.62. The van der Waals surface area contributed by atoms with E-state index in [1.54, 1.807) is 0 Å². The zero-order chi connectivity index (χ0) is 11.8. The van der Waals surface area contributed by atoms with Crippen LogP contribution in [-0.4, -0.2) is 12.1 Å². The van der Waals surface area contributed by atoms with Crippen LogP contribution in [0.4, 0.5) is 0 Å². The Bertz CT molecular complexity index is 245. The molecule has 1 rings (SSSR count). The summed E-state index contributed by atoms with van der Waals surface area (Å²) in [6.45, 7) is 12.7. The van der Waals surface area contributed by atoms with Crippen LogP contribution in [0.1, 0.15) is 48.0 Å². The Hall–Kier alpha value is -0.530. The Morgan fingerprint density at radius 1 is 1.40 bits per heavy atom. The maximum Gasteiger partial charge on any atom is 0.312 e. The Morgan fingerprint density at radius 2 is 1.93 bits per heavy atom. The third kappa shape index (κ3) is 2.04. The molecule has 0 bridgehead atoms. The van der Waals surface area contributed by atoms with Gasteiger partial charge in [-0.05, 0) is 31.6 Å². The zero-order valence-electron chi connectivity index (χ0n) is 10.8. The molecule has 1 saturated heterocycles. The fourth-order valence-electron chi connectivity index (χ4n) is 2.38. The number of hydrogen-bond acceptors (Lipinski definition) is 2. The van der Waals surface area contributed by atoms with E-state index in [1.807, 2.05) is 13.8 Å². The number of rotatable bonds is 2. The van der Waals surface area contributed by atoms with Gasteiger partial charge >= 0.3 is 5.97 Å². The molecule has 4 unspecified atom stereocenters. The quantitative estimate of drug-likeness (QED) is 0.657. The van der Waals surface area contributed by atoms with Crippen molar-refractivity contribution in [1.29, 1.82) is 0 Å². The van der Waals surface area contributed by atoms with Gasteiger partial charge in [0.05, 0.1) is 5.41 Å². The zero-order valence-corrected chi connectivity index (χ0v) is 10.8. The molecule has 2 nitrogen and oxygen atoms in total. The molecule has 0 aromatic rings. The Kier molecular flexibility index (Phi) is 3.47. The van der Waals surface area contributed by atoms with Gasteiger partial charge in [0, 0.05) is 0 Å². The van der Waals surface area contributed by atoms with Crippen LogP contribution in [0.3, 0.4) is 0 Å². The molecular weight excluding hydrogens is 188 g/mol. The molecule has 1 aliphatic heterocycles. The topological polar surface area (TPSA) is 26.3 Å². The number of ether oxygens (including phenoxy) is 1. The standard InChI is InChI=1S/C13H24O2/c1-7-8(2)11-9(3)10(4)13(5,6)12(14)15-11/h8-11H,7H2,1-6H3. The second kappa shape index (κ2) is 4.15. The van der Waals surface area contributed by atoms with E-state index in [0.717, 1.165) is 6.42 Å². The van der Waals surface area contributed by atoms with Crippen molar-refractivity contribution >= 4 is 5.97 Å². The van der Waals surface area contributed by atoms with Gasteiger partial charge in [-0.15, -0.1) is 0 Å². The molecule has 4 atom stereocenters. The van der Waals surface area contributed by atoms with Crippen LogP contribution in [0.5, 0.6) is 0 Å². The van der Waals surface area contributed by atoms with Gasteiger partial charge in [0.2, 0.25) is 0 Å². The lowest BCUT2D eigenvalue weighted by Gasteiger charge is -2.45. The summed E-state index contributed by atoms with van der Waals surface area (Å²) in [6, 6.07) is 0. The van der Waals surface area contributed by atoms with Crippen LogP contribution < -0.4 is 0 Å². The minimum Gasteiger partial charge on any atom is -0.461 e. The molecule has 0 aromatic heterocycles. The molecule has 0 aliphatic carbocycles. The van der Waals surface area contributed by atoms with Crippen LogP contribution in [0.2, 0.25) is 0 Å². The van der Waals surface area contributed by atoms with Gasteiger partial charge in [0.15, 0.2) is 0 Å². The molecule has 0 spiro atoms. The summed E-state index contributed by atoms with van der Waals surface area (Å²) in [7, 11) is 0. The van der Waals surface area contributed by atoms with E-state index < -0.39 is 0 Å². The molecule has 0 radical (unpaired) electrons. The van der Waals surface area contributed by atoms with Gasteiger partial charge in [0.1, 0.15) is 6.10 Å². The predicted molar refractivity (Wildman–Crippen MR) is 61.4 cm³/mol. The van der Waals surface area contributed by atoms with Crippen molar-refractivity contribution in [3.05, 3.63) is 0 Å². The molecule has 1 heterocycles. The van der Waals surface area contributed by atoms with Crippen molar-refractivity contribution in [1.82, 2.24) is 0 Å². The lowest BCUT2D eigenvalue weighted by atomic mass is 9.68. The summed E-state index contributed by atoms with van der Waals surface area (Å²) in [5.41, 5.74) is -0.330. The first kappa shape index (κ1) is 12.5. The van der Waals surface area contributed by atoms with Crippen molar-refractivity contribution < 1.29 is 9.53 Å². The lowest BCUT2D eigenvalue weighted by Crippen LogP contribution is -2.50. The third-order valence-corrected chi connectivity index (χ3v) is 4.42. The largest absolute Gasteiger partial charge is 0.461 e. The van der Waals surface area contributed by atoms with Crippen molar-refractivity contribution in [2.45, 2.75) is 54.1 Å². The van der Waals surface area contributed by atoms with E-state index in [0.29, 0.717) is 17.8 Å². The third-order valence-electron chi connectivity index (χ3n) is 4.42. The maximum atomic E-state index is 11.9. The Morgan fingerprint density at radius 3 is 2.40 bits per heavy atom. The average molecular weight is 212 g/mol. The first-order chi connectivity index (χ1) is 6.82. The van der Waals surface area contributed by atoms with Crippen molar-refractivity contribution in [3.63, 3.8) is 0 Å². The van der Waals surface area contributed by atoms with Crippen molar-refractivity contribution in [3.8, 4) is 0 Å². The van der Waals surface area contributed by atoms with Crippen LogP contribution >= 0.6 is 0 Å². The minimum absolute atomic E-state index is 0.0293. The molecule has 1 aliphatic rings. The van der Waals surface area contributed by atoms with Crippen LogP contribution in [0.15, 0.2) is 0 Å². The summed E-state index contributed by atoms with van der Waals surface area (Å²) < 4.78 is 5.60. The molecule has 2 heteroatoms. The van der Waals surface area contributed by atoms with E-state index in [1.165, 1.54) is 0 Å². The van der Waals surface area contributed by atoms with E-state index in [4.69, 9.17) is 4.74 Å². The van der Waals surface area contributed by atoms with Crippen LogP contribution in [0.25, 0.3) is 0 Å². The molecule has 0 amide bonds. The van der Waals surface area contributed by atoms with Gasteiger partial charge < -0.3 is 4.74 Å². The van der Waals surface area contributed by atoms with E-state index in [2.05, 4.69) is 27.7 Å². The molecule has 0 saturated carbocycles. The van der Waals surface area contributed by atoms with Gasteiger partial charge in [-0.3, -0.25) is 4.79 Å². The van der Waals surface area contributed by atoms with Gasteiger partial charge in [0.25, 0.3) is 0 Å². The van der Waals surface area contributed by atoms with E-state index >= 15 is 0 Å². The average Bonchev–Trinajstić information content (AvgIpc) is 2.20. The molecule has 15 heavy (non-hydrogen) atoms. The van der Waals surface area contributed by atoms with E-state index in [-0.39, 0.29) is 17.5 Å². The summed E-state index contributed by atoms with van der Waals surface area (Å²) in [5.74, 6) is 1.27. The monoisotopic (exact) mass is 212 g/mol. The SMILES string of the molecule is CCC(C)C1OC(=O)C(C)(C)C(C)C1C. The predicted octanol–water partition coefficient (Wildman–Crippen LogP) is 3.26. The van der Waals surface area contributed by atoms with Gasteiger partial charge in [-0.2, -0.15) is 0 Å². The number of hydrogen-bond donors (Lipinski definition) is 0. The highest BCUT2D eigenvalue weighted by atomic mass is 16.5. The number of carbonyl (C=O) groups is 1. The molecule has 0 N–H and O–H groups in total. The molecule has 88 valence electrons. The summed E-state index contributed by atoms with van der Waals surface area (Å²) in [5, 5.41) is 0. The molecular formula is C13H24O2. The summed E-state index contributed by atoms with van der Waals surface area (Å²) in [4.78, 5) is 11.9. The Labute approximate surface area is 93.4 Å². The van der Waals surface area contributed by atoms with E-state index in [9.17, 15) is 4.79 Å². The highest BCUT2D eigenvalue weighted by Gasteiger charge is 2.47. The highest BCUT2D eigenvalue weighted by Crippen LogP contribution is 2.42. The normalized spacial score (nSPS) is 37.2. The maximum absolute atomic E-state index is 11.9. The number of esters is 1. The number of cyclic esters (lactones) is 1. The van der Waals surface area contributed by atoms with Crippen molar-refractivity contribution in [2.24, 2.45) is 23.2 Å². The van der Waals surface area contributed by atoms with Gasteiger partial charge in [-0.25, -0.2) is 0 Å². The van der Waals surface area contributed by atoms with Crippen molar-refractivity contribution in [2.75, 3.05) is 0 Å². The number of carbonyl (C=O) groups excluding carboxylic acids is 1. The Balaban J connectivity index is 2.87. The summed E-state index contributed by atoms with van der Waals surface area (Å²) in [6.07, 6.45) is 1.17. The fourth-order valence-corrected chi connectivity index (χ4v) is 2.38.